The lowest BCUT2D eigenvalue weighted by atomic mass is 10.2. The minimum atomic E-state index is 0.486. The van der Waals surface area contributed by atoms with Crippen molar-refractivity contribution in [3.63, 3.8) is 0 Å². The zero-order valence-corrected chi connectivity index (χ0v) is 11.5. The van der Waals surface area contributed by atoms with E-state index < -0.39 is 0 Å². The number of pyridine rings is 1. The molecule has 20 heavy (non-hydrogen) atoms. The van der Waals surface area contributed by atoms with E-state index in [0.717, 1.165) is 17.1 Å². The Morgan fingerprint density at radius 2 is 1.25 bits per heavy atom. The largest absolute Gasteiger partial charge is 0.310 e. The lowest BCUT2D eigenvalue weighted by Gasteiger charge is -2.25. The third-order valence-electron chi connectivity index (χ3n) is 3.00. The molecule has 0 aliphatic heterocycles. The maximum atomic E-state index is 6.03. The van der Waals surface area contributed by atoms with E-state index >= 15 is 0 Å². The van der Waals surface area contributed by atoms with Crippen LogP contribution in [-0.2, 0) is 0 Å². The predicted octanol–water partition coefficient (Wildman–Crippen LogP) is 5.20. The molecule has 2 aromatic carbocycles. The molecule has 98 valence electrons. The third kappa shape index (κ3) is 2.65. The summed E-state index contributed by atoms with van der Waals surface area (Å²) in [7, 11) is 0. The molecule has 0 unspecified atom stereocenters. The van der Waals surface area contributed by atoms with E-state index in [1.54, 1.807) is 6.20 Å². The summed E-state index contributed by atoms with van der Waals surface area (Å²) < 4.78 is 0. The Kier molecular flexibility index (Phi) is 3.66. The highest BCUT2D eigenvalue weighted by Gasteiger charge is 2.11. The minimum Gasteiger partial charge on any atom is -0.310 e. The molecular formula is C17H13ClN2. The summed E-state index contributed by atoms with van der Waals surface area (Å²) >= 11 is 6.03. The molecule has 1 heterocycles. The van der Waals surface area contributed by atoms with Crippen LogP contribution < -0.4 is 4.90 Å². The molecule has 0 atom stereocenters. The van der Waals surface area contributed by atoms with Gasteiger partial charge in [0.05, 0.1) is 5.69 Å². The van der Waals surface area contributed by atoms with Gasteiger partial charge in [0.15, 0.2) is 0 Å². The number of hydrogen-bond acceptors (Lipinski definition) is 2. The van der Waals surface area contributed by atoms with E-state index in [-0.39, 0.29) is 0 Å². The molecule has 0 saturated heterocycles. The summed E-state index contributed by atoms with van der Waals surface area (Å²) in [6.45, 7) is 0. The maximum absolute atomic E-state index is 6.03. The van der Waals surface area contributed by atoms with Gasteiger partial charge in [-0.3, -0.25) is 0 Å². The summed E-state index contributed by atoms with van der Waals surface area (Å²) in [5.74, 6) is 0. The second-order valence-electron chi connectivity index (χ2n) is 4.34. The van der Waals surface area contributed by atoms with Gasteiger partial charge in [-0.1, -0.05) is 48.0 Å². The third-order valence-corrected chi connectivity index (χ3v) is 3.20. The Balaban J connectivity index is 2.14. The van der Waals surface area contributed by atoms with Gasteiger partial charge in [0.2, 0.25) is 0 Å². The van der Waals surface area contributed by atoms with Crippen LogP contribution in [0.2, 0.25) is 5.15 Å². The van der Waals surface area contributed by atoms with Crippen molar-refractivity contribution in [1.82, 2.24) is 4.98 Å². The average Bonchev–Trinajstić information content (AvgIpc) is 2.50. The molecule has 0 radical (unpaired) electrons. The molecule has 0 amide bonds. The van der Waals surface area contributed by atoms with Crippen molar-refractivity contribution >= 4 is 28.7 Å². The van der Waals surface area contributed by atoms with Crippen LogP contribution >= 0.6 is 11.6 Å². The van der Waals surface area contributed by atoms with Crippen LogP contribution in [0.15, 0.2) is 79.0 Å². The normalized spacial score (nSPS) is 10.2. The SMILES string of the molecule is Clc1cc(N(c2ccccc2)c2ccccc2)ccn1. The number of benzene rings is 2. The molecule has 0 aliphatic carbocycles. The van der Waals surface area contributed by atoms with Crippen molar-refractivity contribution in [3.05, 3.63) is 84.1 Å². The molecule has 3 rings (SSSR count). The first-order chi connectivity index (χ1) is 9.84. The van der Waals surface area contributed by atoms with E-state index in [2.05, 4.69) is 34.1 Å². The summed E-state index contributed by atoms with van der Waals surface area (Å²) in [4.78, 5) is 6.19. The second kappa shape index (κ2) is 5.76. The summed E-state index contributed by atoms with van der Waals surface area (Å²) in [6.07, 6.45) is 1.72. The van der Waals surface area contributed by atoms with E-state index in [9.17, 15) is 0 Å². The Bertz CT molecular complexity index is 644. The van der Waals surface area contributed by atoms with Gasteiger partial charge in [-0.25, -0.2) is 4.98 Å². The van der Waals surface area contributed by atoms with Crippen LogP contribution in [0, 0.1) is 0 Å². The molecule has 0 bridgehead atoms. The summed E-state index contributed by atoms with van der Waals surface area (Å²) in [5.41, 5.74) is 3.16. The molecule has 3 aromatic rings. The van der Waals surface area contributed by atoms with Crippen LogP contribution in [0.4, 0.5) is 17.1 Å². The van der Waals surface area contributed by atoms with Crippen molar-refractivity contribution in [2.24, 2.45) is 0 Å². The van der Waals surface area contributed by atoms with Gasteiger partial charge in [-0.2, -0.15) is 0 Å². The second-order valence-corrected chi connectivity index (χ2v) is 4.73. The molecular weight excluding hydrogens is 268 g/mol. The van der Waals surface area contributed by atoms with Crippen molar-refractivity contribution in [2.45, 2.75) is 0 Å². The number of rotatable bonds is 3. The van der Waals surface area contributed by atoms with Crippen LogP contribution in [0.3, 0.4) is 0 Å². The van der Waals surface area contributed by atoms with Gasteiger partial charge >= 0.3 is 0 Å². The summed E-state index contributed by atoms with van der Waals surface area (Å²) in [5, 5.41) is 0.486. The van der Waals surface area contributed by atoms with Gasteiger partial charge in [0, 0.05) is 17.6 Å². The smallest absolute Gasteiger partial charge is 0.131 e. The Morgan fingerprint density at radius 3 is 1.75 bits per heavy atom. The minimum absolute atomic E-state index is 0.486. The van der Waals surface area contributed by atoms with Crippen LogP contribution in [0.5, 0.6) is 0 Å². The molecule has 0 spiro atoms. The Hall–Kier alpha value is -2.32. The van der Waals surface area contributed by atoms with Crippen molar-refractivity contribution in [1.29, 1.82) is 0 Å². The van der Waals surface area contributed by atoms with Crippen molar-refractivity contribution < 1.29 is 0 Å². The lowest BCUT2D eigenvalue weighted by Crippen LogP contribution is -2.09. The Labute approximate surface area is 123 Å². The van der Waals surface area contributed by atoms with E-state index in [1.807, 2.05) is 48.5 Å². The first kappa shape index (κ1) is 12.7. The monoisotopic (exact) mass is 280 g/mol. The van der Waals surface area contributed by atoms with Gasteiger partial charge in [-0.05, 0) is 36.4 Å². The van der Waals surface area contributed by atoms with E-state index in [0.29, 0.717) is 5.15 Å². The van der Waals surface area contributed by atoms with Crippen LogP contribution in [0.25, 0.3) is 0 Å². The molecule has 0 aliphatic rings. The highest BCUT2D eigenvalue weighted by molar-refractivity contribution is 6.29. The molecule has 0 fully saturated rings. The lowest BCUT2D eigenvalue weighted by molar-refractivity contribution is 1.24. The first-order valence-corrected chi connectivity index (χ1v) is 6.74. The average molecular weight is 281 g/mol. The number of nitrogens with zero attached hydrogens (tertiary/aromatic N) is 2. The summed E-state index contributed by atoms with van der Waals surface area (Å²) in [6, 6.07) is 24.2. The molecule has 2 nitrogen and oxygen atoms in total. The standard InChI is InChI=1S/C17H13ClN2/c18-17-13-16(11-12-19-17)20(14-7-3-1-4-8-14)15-9-5-2-6-10-15/h1-13H. The van der Waals surface area contributed by atoms with Gasteiger partial charge in [0.25, 0.3) is 0 Å². The van der Waals surface area contributed by atoms with Crippen molar-refractivity contribution in [3.8, 4) is 0 Å². The number of anilines is 3. The fourth-order valence-electron chi connectivity index (χ4n) is 2.13. The fraction of sp³-hybridized carbons (Fsp3) is 0. The quantitative estimate of drug-likeness (QED) is 0.613. The highest BCUT2D eigenvalue weighted by Crippen LogP contribution is 2.34. The first-order valence-electron chi connectivity index (χ1n) is 6.36. The number of halogens is 1. The van der Waals surface area contributed by atoms with Crippen molar-refractivity contribution in [2.75, 3.05) is 4.90 Å². The van der Waals surface area contributed by atoms with Gasteiger partial charge in [0.1, 0.15) is 5.15 Å². The van der Waals surface area contributed by atoms with Crippen LogP contribution in [0.1, 0.15) is 0 Å². The van der Waals surface area contributed by atoms with E-state index in [1.165, 1.54) is 0 Å². The predicted molar refractivity (Wildman–Crippen MR) is 83.9 cm³/mol. The van der Waals surface area contributed by atoms with Crippen LogP contribution in [-0.4, -0.2) is 4.98 Å². The molecule has 1 aromatic heterocycles. The highest BCUT2D eigenvalue weighted by atomic mass is 35.5. The Morgan fingerprint density at radius 1 is 0.700 bits per heavy atom. The van der Waals surface area contributed by atoms with E-state index in [4.69, 9.17) is 11.6 Å². The van der Waals surface area contributed by atoms with Gasteiger partial charge < -0.3 is 4.90 Å². The molecule has 0 N–H and O–H groups in total. The maximum Gasteiger partial charge on any atom is 0.131 e. The molecule has 3 heteroatoms. The fourth-order valence-corrected chi connectivity index (χ4v) is 2.30. The number of hydrogen-bond donors (Lipinski definition) is 0. The topological polar surface area (TPSA) is 16.1 Å². The molecule has 0 saturated carbocycles. The number of aromatic nitrogens is 1. The zero-order chi connectivity index (χ0) is 13.8. The van der Waals surface area contributed by atoms with Gasteiger partial charge in [-0.15, -0.1) is 0 Å². The zero-order valence-electron chi connectivity index (χ0n) is 10.8. The number of para-hydroxylation sites is 2.